The largest absolute Gasteiger partial charge is 0.385 e. The quantitative estimate of drug-likeness (QED) is 0.771. The molecule has 2 fully saturated rings. The number of ether oxygens (including phenoxy) is 1. The molecule has 1 saturated carbocycles. The Morgan fingerprint density at radius 3 is 2.84 bits per heavy atom. The van der Waals surface area contributed by atoms with Crippen LogP contribution in [-0.2, 0) is 9.53 Å². The highest BCUT2D eigenvalue weighted by atomic mass is 16.5. The first kappa shape index (κ1) is 14.8. The van der Waals surface area contributed by atoms with Crippen molar-refractivity contribution in [2.75, 3.05) is 26.8 Å². The maximum Gasteiger partial charge on any atom is 0.223 e. The average Bonchev–Trinajstić information content (AvgIpc) is 2.37. The fraction of sp³-hybridized carbons (Fsp3) is 0.933. The first-order valence-electron chi connectivity index (χ1n) is 7.65. The van der Waals surface area contributed by atoms with Gasteiger partial charge in [-0.2, -0.15) is 0 Å². The Bertz CT molecular complexity index is 303. The number of hydrogen-bond donors (Lipinski definition) is 2. The van der Waals surface area contributed by atoms with Crippen LogP contribution in [0.4, 0.5) is 0 Å². The van der Waals surface area contributed by atoms with E-state index in [2.05, 4.69) is 17.6 Å². The molecule has 2 rings (SSSR count). The molecule has 0 aromatic carbocycles. The molecule has 0 radical (unpaired) electrons. The van der Waals surface area contributed by atoms with Crippen LogP contribution in [0.15, 0.2) is 0 Å². The van der Waals surface area contributed by atoms with E-state index in [1.54, 1.807) is 7.11 Å². The predicted molar refractivity (Wildman–Crippen MR) is 76.0 cm³/mol. The third kappa shape index (κ3) is 3.93. The standard InChI is InChI=1S/C15H28N2O2/c1-12-10-13(4-8-16-12)14(18)17-11-15(5-3-6-15)7-9-19-2/h12-13,16H,3-11H2,1-2H3,(H,17,18)/t12-,13-/m0/s1. The summed E-state index contributed by atoms with van der Waals surface area (Å²) in [7, 11) is 1.75. The Kier molecular flexibility index (Phi) is 5.22. The first-order valence-corrected chi connectivity index (χ1v) is 7.65. The second-order valence-corrected chi connectivity index (χ2v) is 6.39. The van der Waals surface area contributed by atoms with Gasteiger partial charge in [-0.25, -0.2) is 0 Å². The van der Waals surface area contributed by atoms with Crippen LogP contribution in [0.2, 0.25) is 0 Å². The number of rotatable bonds is 6. The van der Waals surface area contributed by atoms with Crippen molar-refractivity contribution < 1.29 is 9.53 Å². The lowest BCUT2D eigenvalue weighted by Crippen LogP contribution is -2.47. The maximum absolute atomic E-state index is 12.2. The lowest BCUT2D eigenvalue weighted by Gasteiger charge is -2.42. The zero-order chi connectivity index (χ0) is 13.7. The van der Waals surface area contributed by atoms with Crippen molar-refractivity contribution in [1.29, 1.82) is 0 Å². The van der Waals surface area contributed by atoms with Crippen LogP contribution in [-0.4, -0.2) is 38.8 Å². The number of nitrogens with one attached hydrogen (secondary N) is 2. The van der Waals surface area contributed by atoms with E-state index in [1.165, 1.54) is 19.3 Å². The average molecular weight is 268 g/mol. The Balaban J connectivity index is 1.75. The molecule has 1 heterocycles. The summed E-state index contributed by atoms with van der Waals surface area (Å²) in [6.45, 7) is 4.77. The molecule has 2 N–H and O–H groups in total. The normalized spacial score (nSPS) is 29.6. The van der Waals surface area contributed by atoms with Gasteiger partial charge >= 0.3 is 0 Å². The molecule has 0 aromatic rings. The summed E-state index contributed by atoms with van der Waals surface area (Å²) in [6.07, 6.45) is 6.78. The molecule has 0 bridgehead atoms. The minimum Gasteiger partial charge on any atom is -0.385 e. The van der Waals surface area contributed by atoms with Gasteiger partial charge in [-0.15, -0.1) is 0 Å². The summed E-state index contributed by atoms with van der Waals surface area (Å²) in [5.41, 5.74) is 0.324. The van der Waals surface area contributed by atoms with Crippen molar-refractivity contribution in [1.82, 2.24) is 10.6 Å². The molecule has 0 unspecified atom stereocenters. The summed E-state index contributed by atoms with van der Waals surface area (Å²) in [5, 5.41) is 6.60. The number of carbonyl (C=O) groups excluding carboxylic acids is 1. The molecule has 0 aromatic heterocycles. The van der Waals surface area contributed by atoms with Gasteiger partial charge in [0, 0.05) is 32.2 Å². The number of piperidine rings is 1. The van der Waals surface area contributed by atoms with Crippen molar-refractivity contribution in [2.24, 2.45) is 11.3 Å². The van der Waals surface area contributed by atoms with Crippen molar-refractivity contribution in [2.45, 2.75) is 51.5 Å². The summed E-state index contributed by atoms with van der Waals surface area (Å²) in [4.78, 5) is 12.2. The number of carbonyl (C=O) groups is 1. The SMILES string of the molecule is COCCC1(CNC(=O)[C@H]2CCN[C@@H](C)C2)CCC1. The highest BCUT2D eigenvalue weighted by Crippen LogP contribution is 2.43. The lowest BCUT2D eigenvalue weighted by atomic mass is 9.66. The molecule has 110 valence electrons. The monoisotopic (exact) mass is 268 g/mol. The summed E-state index contributed by atoms with van der Waals surface area (Å²) < 4.78 is 5.19. The maximum atomic E-state index is 12.2. The molecule has 1 saturated heterocycles. The van der Waals surface area contributed by atoms with Gasteiger partial charge in [0.15, 0.2) is 0 Å². The number of amides is 1. The van der Waals surface area contributed by atoms with Crippen LogP contribution in [0.5, 0.6) is 0 Å². The van der Waals surface area contributed by atoms with Gasteiger partial charge in [-0.3, -0.25) is 4.79 Å². The highest BCUT2D eigenvalue weighted by molar-refractivity contribution is 5.78. The molecular weight excluding hydrogens is 240 g/mol. The molecular formula is C15H28N2O2. The second-order valence-electron chi connectivity index (χ2n) is 6.39. The third-order valence-corrected chi connectivity index (χ3v) is 4.88. The Labute approximate surface area is 116 Å². The van der Waals surface area contributed by atoms with Gasteiger partial charge in [-0.1, -0.05) is 6.42 Å². The summed E-state index contributed by atoms with van der Waals surface area (Å²) >= 11 is 0. The van der Waals surface area contributed by atoms with Gasteiger partial charge in [0.25, 0.3) is 0 Å². The molecule has 2 aliphatic rings. The smallest absolute Gasteiger partial charge is 0.223 e. The molecule has 0 spiro atoms. The fourth-order valence-corrected chi connectivity index (χ4v) is 3.30. The number of hydrogen-bond acceptors (Lipinski definition) is 3. The predicted octanol–water partition coefficient (Wildman–Crippen LogP) is 1.70. The van der Waals surface area contributed by atoms with Crippen molar-refractivity contribution >= 4 is 5.91 Å². The summed E-state index contributed by atoms with van der Waals surface area (Å²) in [5.74, 6) is 0.466. The Morgan fingerprint density at radius 2 is 2.26 bits per heavy atom. The molecule has 1 amide bonds. The van der Waals surface area contributed by atoms with Crippen molar-refractivity contribution in [3.63, 3.8) is 0 Å². The van der Waals surface area contributed by atoms with Gasteiger partial charge in [0.1, 0.15) is 0 Å². The van der Waals surface area contributed by atoms with Crippen LogP contribution >= 0.6 is 0 Å². The third-order valence-electron chi connectivity index (χ3n) is 4.88. The zero-order valence-corrected chi connectivity index (χ0v) is 12.3. The molecule has 4 nitrogen and oxygen atoms in total. The Morgan fingerprint density at radius 1 is 1.47 bits per heavy atom. The fourth-order valence-electron chi connectivity index (χ4n) is 3.30. The van der Waals surface area contributed by atoms with E-state index in [4.69, 9.17) is 4.74 Å². The minimum absolute atomic E-state index is 0.204. The number of methoxy groups -OCH3 is 1. The van der Waals surface area contributed by atoms with Gasteiger partial charge < -0.3 is 15.4 Å². The van der Waals surface area contributed by atoms with E-state index < -0.39 is 0 Å². The van der Waals surface area contributed by atoms with E-state index >= 15 is 0 Å². The van der Waals surface area contributed by atoms with Crippen LogP contribution in [0, 0.1) is 11.3 Å². The van der Waals surface area contributed by atoms with Gasteiger partial charge in [0.2, 0.25) is 5.91 Å². The molecule has 1 aliphatic heterocycles. The molecule has 19 heavy (non-hydrogen) atoms. The van der Waals surface area contributed by atoms with Crippen LogP contribution < -0.4 is 10.6 Å². The van der Waals surface area contributed by atoms with Gasteiger partial charge in [-0.05, 0) is 51.0 Å². The van der Waals surface area contributed by atoms with Crippen LogP contribution in [0.3, 0.4) is 0 Å². The second kappa shape index (κ2) is 6.71. The molecule has 1 aliphatic carbocycles. The zero-order valence-electron chi connectivity index (χ0n) is 12.3. The summed E-state index contributed by atoms with van der Waals surface area (Å²) in [6, 6.07) is 0.468. The first-order chi connectivity index (χ1) is 9.15. The van der Waals surface area contributed by atoms with Crippen LogP contribution in [0.1, 0.15) is 45.4 Å². The topological polar surface area (TPSA) is 50.4 Å². The van der Waals surface area contributed by atoms with Crippen LogP contribution in [0.25, 0.3) is 0 Å². The van der Waals surface area contributed by atoms with E-state index in [1.807, 2.05) is 0 Å². The minimum atomic E-state index is 0.204. The van der Waals surface area contributed by atoms with E-state index in [0.29, 0.717) is 11.5 Å². The lowest BCUT2D eigenvalue weighted by molar-refractivity contribution is -0.127. The van der Waals surface area contributed by atoms with E-state index in [0.717, 1.165) is 39.0 Å². The molecule has 4 heteroatoms. The van der Waals surface area contributed by atoms with Crippen molar-refractivity contribution in [3.8, 4) is 0 Å². The van der Waals surface area contributed by atoms with Crippen molar-refractivity contribution in [3.05, 3.63) is 0 Å². The highest BCUT2D eigenvalue weighted by Gasteiger charge is 2.37. The van der Waals surface area contributed by atoms with E-state index in [9.17, 15) is 4.79 Å². The van der Waals surface area contributed by atoms with Gasteiger partial charge in [0.05, 0.1) is 0 Å². The van der Waals surface area contributed by atoms with E-state index in [-0.39, 0.29) is 11.8 Å². The Hall–Kier alpha value is -0.610. The molecule has 2 atom stereocenters.